The van der Waals surface area contributed by atoms with Gasteiger partial charge in [-0.05, 0) is 19.3 Å². The molecule has 0 aliphatic carbocycles. The first-order valence-corrected chi connectivity index (χ1v) is 7.70. The lowest BCUT2D eigenvalue weighted by Gasteiger charge is -2.33. The van der Waals surface area contributed by atoms with Gasteiger partial charge in [-0.1, -0.05) is 30.3 Å². The fraction of sp³-hybridized carbons (Fsp3) is 0.353. The van der Waals surface area contributed by atoms with Crippen molar-refractivity contribution in [2.75, 3.05) is 13.7 Å². The van der Waals surface area contributed by atoms with Crippen LogP contribution in [0.2, 0.25) is 0 Å². The Balaban J connectivity index is 1.91. The third-order valence-electron chi connectivity index (χ3n) is 4.17. The van der Waals surface area contributed by atoms with Gasteiger partial charge in [0.25, 0.3) is 5.91 Å². The molecule has 0 saturated carbocycles. The molecular formula is C17H19N3O3. The number of esters is 1. The quantitative estimate of drug-likeness (QED) is 0.882. The van der Waals surface area contributed by atoms with E-state index in [0.717, 1.165) is 18.4 Å². The number of aromatic amines is 1. The van der Waals surface area contributed by atoms with Gasteiger partial charge in [-0.3, -0.25) is 9.89 Å². The molecular weight excluding hydrogens is 294 g/mol. The summed E-state index contributed by atoms with van der Waals surface area (Å²) < 4.78 is 4.85. The zero-order valence-electron chi connectivity index (χ0n) is 13.0. The summed E-state index contributed by atoms with van der Waals surface area (Å²) in [6, 6.07) is 9.04. The summed E-state index contributed by atoms with van der Waals surface area (Å²) in [5, 5.41) is 6.90. The third kappa shape index (κ3) is 2.97. The van der Waals surface area contributed by atoms with Crippen molar-refractivity contribution in [3.8, 4) is 11.3 Å². The SMILES string of the molecule is COC(=O)[C@H]1CCCCN1C(=O)c1cn[nH]c1-c1ccccc1. The lowest BCUT2D eigenvalue weighted by atomic mass is 10.00. The Labute approximate surface area is 134 Å². The van der Waals surface area contributed by atoms with Crippen molar-refractivity contribution in [1.29, 1.82) is 0 Å². The van der Waals surface area contributed by atoms with Gasteiger partial charge in [-0.15, -0.1) is 0 Å². The van der Waals surface area contributed by atoms with Crippen LogP contribution in [0.4, 0.5) is 0 Å². The van der Waals surface area contributed by atoms with E-state index < -0.39 is 6.04 Å². The van der Waals surface area contributed by atoms with E-state index in [1.807, 2.05) is 30.3 Å². The van der Waals surface area contributed by atoms with Crippen molar-refractivity contribution in [3.63, 3.8) is 0 Å². The fourth-order valence-corrected chi connectivity index (χ4v) is 2.98. The Morgan fingerprint density at radius 3 is 2.78 bits per heavy atom. The summed E-state index contributed by atoms with van der Waals surface area (Å²) in [4.78, 5) is 26.5. The van der Waals surface area contributed by atoms with Crippen molar-refractivity contribution in [2.45, 2.75) is 25.3 Å². The predicted octanol–water partition coefficient (Wildman–Crippen LogP) is 2.24. The summed E-state index contributed by atoms with van der Waals surface area (Å²) in [7, 11) is 1.35. The molecule has 1 aromatic carbocycles. The smallest absolute Gasteiger partial charge is 0.328 e. The van der Waals surface area contributed by atoms with Gasteiger partial charge in [0.2, 0.25) is 0 Å². The van der Waals surface area contributed by atoms with E-state index in [9.17, 15) is 9.59 Å². The number of carbonyl (C=O) groups excluding carboxylic acids is 2. The van der Waals surface area contributed by atoms with Crippen LogP contribution >= 0.6 is 0 Å². The second-order valence-corrected chi connectivity index (χ2v) is 5.56. The first-order chi connectivity index (χ1) is 11.2. The molecule has 1 saturated heterocycles. The van der Waals surface area contributed by atoms with Gasteiger partial charge >= 0.3 is 5.97 Å². The number of aromatic nitrogens is 2. The number of H-pyrrole nitrogens is 1. The summed E-state index contributed by atoms with van der Waals surface area (Å²) >= 11 is 0. The molecule has 120 valence electrons. The standard InChI is InChI=1S/C17H19N3O3/c1-23-17(22)14-9-5-6-10-20(14)16(21)13-11-18-19-15(13)12-7-3-2-4-8-12/h2-4,7-8,11,14H,5-6,9-10H2,1H3,(H,18,19)/t14-/m1/s1. The van der Waals surface area contributed by atoms with Crippen molar-refractivity contribution >= 4 is 11.9 Å². The molecule has 1 atom stereocenters. The van der Waals surface area contributed by atoms with E-state index in [4.69, 9.17) is 4.74 Å². The highest BCUT2D eigenvalue weighted by Crippen LogP contribution is 2.25. The van der Waals surface area contributed by atoms with E-state index in [1.165, 1.54) is 13.3 Å². The zero-order chi connectivity index (χ0) is 16.2. The maximum Gasteiger partial charge on any atom is 0.328 e. The van der Waals surface area contributed by atoms with Gasteiger partial charge in [0.15, 0.2) is 0 Å². The molecule has 1 amide bonds. The number of likely N-dealkylation sites (tertiary alicyclic amines) is 1. The largest absolute Gasteiger partial charge is 0.467 e. The molecule has 1 aliphatic rings. The summed E-state index contributed by atoms with van der Waals surface area (Å²) in [5.41, 5.74) is 2.04. The molecule has 6 nitrogen and oxygen atoms in total. The maximum absolute atomic E-state index is 12.9. The molecule has 3 rings (SSSR count). The second-order valence-electron chi connectivity index (χ2n) is 5.56. The molecule has 1 aromatic heterocycles. The average Bonchev–Trinajstić information content (AvgIpc) is 3.11. The number of nitrogens with one attached hydrogen (secondary N) is 1. The molecule has 1 fully saturated rings. The zero-order valence-corrected chi connectivity index (χ0v) is 13.0. The number of carbonyl (C=O) groups is 2. The van der Waals surface area contributed by atoms with E-state index in [2.05, 4.69) is 10.2 Å². The second kappa shape index (κ2) is 6.64. The minimum absolute atomic E-state index is 0.187. The maximum atomic E-state index is 12.9. The molecule has 1 N–H and O–H groups in total. The average molecular weight is 313 g/mol. The highest BCUT2D eigenvalue weighted by Gasteiger charge is 2.34. The van der Waals surface area contributed by atoms with Crippen molar-refractivity contribution in [3.05, 3.63) is 42.1 Å². The number of benzene rings is 1. The van der Waals surface area contributed by atoms with Crippen LogP contribution in [0.3, 0.4) is 0 Å². The number of rotatable bonds is 3. The Morgan fingerprint density at radius 1 is 1.26 bits per heavy atom. The molecule has 2 heterocycles. The Hall–Kier alpha value is -2.63. The molecule has 0 spiro atoms. The summed E-state index contributed by atoms with van der Waals surface area (Å²) in [5.74, 6) is -0.546. The van der Waals surface area contributed by atoms with Gasteiger partial charge in [-0.2, -0.15) is 5.10 Å². The van der Waals surface area contributed by atoms with Crippen LogP contribution in [-0.2, 0) is 9.53 Å². The predicted molar refractivity (Wildman–Crippen MR) is 84.7 cm³/mol. The Morgan fingerprint density at radius 2 is 2.04 bits per heavy atom. The first-order valence-electron chi connectivity index (χ1n) is 7.70. The molecule has 23 heavy (non-hydrogen) atoms. The van der Waals surface area contributed by atoms with Gasteiger partial charge in [0.05, 0.1) is 24.6 Å². The minimum atomic E-state index is -0.514. The van der Waals surface area contributed by atoms with Crippen LogP contribution < -0.4 is 0 Å². The lowest BCUT2D eigenvalue weighted by Crippen LogP contribution is -2.48. The number of hydrogen-bond donors (Lipinski definition) is 1. The van der Waals surface area contributed by atoms with Crippen molar-refractivity contribution in [1.82, 2.24) is 15.1 Å². The molecule has 6 heteroatoms. The number of amides is 1. The van der Waals surface area contributed by atoms with Crippen molar-refractivity contribution in [2.24, 2.45) is 0 Å². The third-order valence-corrected chi connectivity index (χ3v) is 4.17. The number of ether oxygens (including phenoxy) is 1. The highest BCUT2D eigenvalue weighted by molar-refractivity contribution is 6.01. The number of nitrogens with zero attached hydrogens (tertiary/aromatic N) is 2. The summed E-state index contributed by atoms with van der Waals surface area (Å²) in [6.07, 6.45) is 3.96. The minimum Gasteiger partial charge on any atom is -0.467 e. The van der Waals surface area contributed by atoms with Gasteiger partial charge < -0.3 is 9.64 Å². The van der Waals surface area contributed by atoms with Crippen LogP contribution in [0.25, 0.3) is 11.3 Å². The topological polar surface area (TPSA) is 75.3 Å². The molecule has 2 aromatic rings. The van der Waals surface area contributed by atoms with Crippen LogP contribution in [0.1, 0.15) is 29.6 Å². The first kappa shape index (κ1) is 15.3. The van der Waals surface area contributed by atoms with Gasteiger partial charge in [-0.25, -0.2) is 4.79 Å². The number of hydrogen-bond acceptors (Lipinski definition) is 4. The highest BCUT2D eigenvalue weighted by atomic mass is 16.5. The van der Waals surface area contributed by atoms with E-state index in [-0.39, 0.29) is 11.9 Å². The van der Waals surface area contributed by atoms with Gasteiger partial charge in [0, 0.05) is 12.1 Å². The van der Waals surface area contributed by atoms with Crippen LogP contribution in [0, 0.1) is 0 Å². The van der Waals surface area contributed by atoms with Crippen LogP contribution in [-0.4, -0.2) is 46.7 Å². The Kier molecular flexibility index (Phi) is 4.41. The normalized spacial score (nSPS) is 17.8. The molecule has 0 bridgehead atoms. The van der Waals surface area contributed by atoms with Crippen LogP contribution in [0.15, 0.2) is 36.5 Å². The number of methoxy groups -OCH3 is 1. The molecule has 0 radical (unpaired) electrons. The molecule has 1 aliphatic heterocycles. The van der Waals surface area contributed by atoms with Gasteiger partial charge in [0.1, 0.15) is 6.04 Å². The Bertz CT molecular complexity index is 696. The van der Waals surface area contributed by atoms with Crippen molar-refractivity contribution < 1.29 is 14.3 Å². The van der Waals surface area contributed by atoms with Crippen LogP contribution in [0.5, 0.6) is 0 Å². The molecule has 0 unspecified atom stereocenters. The van der Waals surface area contributed by atoms with E-state index in [0.29, 0.717) is 24.2 Å². The summed E-state index contributed by atoms with van der Waals surface area (Å²) in [6.45, 7) is 0.554. The van der Waals surface area contributed by atoms with E-state index >= 15 is 0 Å². The fourth-order valence-electron chi connectivity index (χ4n) is 2.98. The lowest BCUT2D eigenvalue weighted by molar-refractivity contribution is -0.147. The number of piperidine rings is 1. The van der Waals surface area contributed by atoms with E-state index in [1.54, 1.807) is 4.90 Å². The monoisotopic (exact) mass is 313 g/mol.